The summed E-state index contributed by atoms with van der Waals surface area (Å²) in [7, 11) is -9.84. The molecule has 0 heterocycles. The van der Waals surface area contributed by atoms with Crippen molar-refractivity contribution in [2.45, 2.75) is 24.7 Å². The summed E-state index contributed by atoms with van der Waals surface area (Å²) in [4.78, 5) is 0. The van der Waals surface area contributed by atoms with Gasteiger partial charge in [-0.2, -0.15) is 0 Å². The van der Waals surface area contributed by atoms with Crippen molar-refractivity contribution in [2.24, 2.45) is 5.73 Å². The van der Waals surface area contributed by atoms with Crippen LogP contribution < -0.4 is 69.6 Å². The summed E-state index contributed by atoms with van der Waals surface area (Å²) >= 11 is 0. The fourth-order valence-corrected chi connectivity index (χ4v) is 2.09. The van der Waals surface area contributed by atoms with Gasteiger partial charge < -0.3 is 25.1 Å². The molecule has 0 aliphatic carbocycles. The first kappa shape index (κ1) is 27.5. The third-order valence-electron chi connectivity index (χ3n) is 1.93. The predicted molar refractivity (Wildman–Crippen MR) is 58.0 cm³/mol. The number of aliphatic hydroxyl groups excluding tert-OH is 2. The van der Waals surface area contributed by atoms with Gasteiger partial charge in [-0.05, 0) is 0 Å². The zero-order valence-corrected chi connectivity index (χ0v) is 17.1. The fourth-order valence-electron chi connectivity index (χ4n) is 1.14. The Hall–Kier alpha value is 1.62. The van der Waals surface area contributed by atoms with Gasteiger partial charge in [-0.1, -0.05) is 0 Å². The maximum Gasteiger partial charge on any atom is 1.00 e. The van der Waals surface area contributed by atoms with E-state index < -0.39 is 58.5 Å². The number of nitrogens with one attached hydrogen (secondary N) is 1. The molecule has 11 nitrogen and oxygen atoms in total. The van der Waals surface area contributed by atoms with E-state index in [0.717, 1.165) is 0 Å². The molecule has 0 spiro atoms. The Morgan fingerprint density at radius 3 is 1.95 bits per heavy atom. The summed E-state index contributed by atoms with van der Waals surface area (Å²) in [6.45, 7) is -1.35. The molecule has 0 aliphatic heterocycles. The van der Waals surface area contributed by atoms with Crippen molar-refractivity contribution in [1.29, 1.82) is 0 Å². The van der Waals surface area contributed by atoms with Crippen LogP contribution >= 0.6 is 0 Å². The topological polar surface area (TPSA) is 202 Å². The minimum atomic E-state index is -4.99. The molecule has 0 fully saturated rings. The number of hydrogen-bond donors (Lipinski definition) is 4. The molecule has 0 saturated carbocycles. The number of nitrogens with two attached hydrogens (primary N) is 1. The van der Waals surface area contributed by atoms with E-state index in [-0.39, 0.29) is 59.1 Å². The molecule has 116 valence electrons. The van der Waals surface area contributed by atoms with Gasteiger partial charge in [0, 0.05) is 13.0 Å². The molecule has 0 amide bonds. The standard InChI is InChI=1S/C6H16N2O9S2.2Na/c7-2-5(8-18(11,12)13)6(10)1-4(9)3-17-19(14,15)16;;/h4-6,8-10H,1-3,7H2,(H,11,12,13)(H,14,15,16);;/q;2*+1/p-2. The fraction of sp³-hybridized carbons (Fsp3) is 1.00. The quantitative estimate of drug-likeness (QED) is 0.172. The Labute approximate surface area is 167 Å². The average molecular weight is 368 g/mol. The van der Waals surface area contributed by atoms with Crippen LogP contribution in [0, 0.1) is 0 Å². The maximum atomic E-state index is 10.4. The van der Waals surface area contributed by atoms with Gasteiger partial charge >= 0.3 is 59.1 Å². The van der Waals surface area contributed by atoms with Crippen molar-refractivity contribution >= 4 is 20.7 Å². The largest absolute Gasteiger partial charge is 1.00 e. The number of aliphatic hydroxyl groups is 2. The smallest absolute Gasteiger partial charge is 0.735 e. The van der Waals surface area contributed by atoms with Crippen LogP contribution in [0.3, 0.4) is 0 Å². The normalized spacial score (nSPS) is 16.2. The molecule has 0 aromatic carbocycles. The van der Waals surface area contributed by atoms with Gasteiger partial charge in [0.05, 0.1) is 24.9 Å². The summed E-state index contributed by atoms with van der Waals surface area (Å²) in [6, 6.07) is -1.36. The monoisotopic (exact) mass is 368 g/mol. The van der Waals surface area contributed by atoms with E-state index in [4.69, 9.17) is 5.73 Å². The first-order valence-corrected chi connectivity index (χ1v) is 7.58. The minimum absolute atomic E-state index is 0. The van der Waals surface area contributed by atoms with Crippen molar-refractivity contribution in [3.05, 3.63) is 0 Å². The number of hydrogen-bond acceptors (Lipinski definition) is 10. The van der Waals surface area contributed by atoms with Crippen LogP contribution in [-0.2, 0) is 24.9 Å². The Kier molecular flexibility index (Phi) is 15.8. The third kappa shape index (κ3) is 16.3. The predicted octanol–water partition coefficient (Wildman–Crippen LogP) is -10.0. The van der Waals surface area contributed by atoms with Crippen LogP contribution in [-0.4, -0.2) is 67.6 Å². The Balaban J connectivity index is -0.00000162. The van der Waals surface area contributed by atoms with Gasteiger partial charge in [-0.25, -0.2) is 21.6 Å². The first-order valence-electron chi connectivity index (χ1n) is 4.84. The van der Waals surface area contributed by atoms with Crippen molar-refractivity contribution in [2.75, 3.05) is 13.2 Å². The molecule has 0 rings (SSSR count). The molecule has 0 saturated heterocycles. The van der Waals surface area contributed by atoms with Crippen LogP contribution in [0.15, 0.2) is 0 Å². The summed E-state index contributed by atoms with van der Waals surface area (Å²) in [6.07, 6.45) is -3.69. The molecular formula is C6H14N2Na2O9S2. The van der Waals surface area contributed by atoms with Crippen molar-refractivity contribution in [3.63, 3.8) is 0 Å². The third-order valence-corrected chi connectivity index (χ3v) is 2.95. The molecule has 3 unspecified atom stereocenters. The van der Waals surface area contributed by atoms with E-state index in [1.165, 1.54) is 4.72 Å². The van der Waals surface area contributed by atoms with Gasteiger partial charge in [0.2, 0.25) is 10.4 Å². The zero-order chi connectivity index (χ0) is 15.3. The molecule has 0 aromatic rings. The van der Waals surface area contributed by atoms with Gasteiger partial charge in [0.15, 0.2) is 10.3 Å². The molecule has 0 aromatic heterocycles. The molecule has 0 aliphatic rings. The second kappa shape index (κ2) is 12.0. The van der Waals surface area contributed by atoms with E-state index >= 15 is 0 Å². The van der Waals surface area contributed by atoms with Gasteiger partial charge in [0.1, 0.15) is 0 Å². The van der Waals surface area contributed by atoms with E-state index in [1.807, 2.05) is 0 Å². The SMILES string of the molecule is NCC(NS(=O)(=O)[O-])C(O)CC(O)COS(=O)(=O)[O-].[Na+].[Na+]. The van der Waals surface area contributed by atoms with Crippen molar-refractivity contribution in [3.8, 4) is 0 Å². The van der Waals surface area contributed by atoms with Crippen molar-refractivity contribution < 1.29 is 99.5 Å². The van der Waals surface area contributed by atoms with E-state index in [1.54, 1.807) is 0 Å². The van der Waals surface area contributed by atoms with Crippen LogP contribution in [0.1, 0.15) is 6.42 Å². The summed E-state index contributed by atoms with van der Waals surface area (Å²) in [5, 5.41) is 18.7. The summed E-state index contributed by atoms with van der Waals surface area (Å²) < 4.78 is 66.7. The molecule has 5 N–H and O–H groups in total. The summed E-state index contributed by atoms with van der Waals surface area (Å²) in [5.74, 6) is 0. The molecule has 0 radical (unpaired) electrons. The Morgan fingerprint density at radius 1 is 1.14 bits per heavy atom. The van der Waals surface area contributed by atoms with E-state index in [0.29, 0.717) is 0 Å². The zero-order valence-electron chi connectivity index (χ0n) is 11.5. The van der Waals surface area contributed by atoms with Crippen molar-refractivity contribution in [1.82, 2.24) is 4.72 Å². The summed E-state index contributed by atoms with van der Waals surface area (Å²) in [5.41, 5.74) is 5.12. The minimum Gasteiger partial charge on any atom is -0.735 e. The maximum absolute atomic E-state index is 10.4. The van der Waals surface area contributed by atoms with Crippen LogP contribution in [0.2, 0.25) is 0 Å². The van der Waals surface area contributed by atoms with E-state index in [9.17, 15) is 36.2 Å². The second-order valence-electron chi connectivity index (χ2n) is 3.56. The van der Waals surface area contributed by atoms with Crippen LogP contribution in [0.25, 0.3) is 0 Å². The first-order chi connectivity index (χ1) is 8.44. The van der Waals surface area contributed by atoms with Gasteiger partial charge in [0.25, 0.3) is 0 Å². The molecule has 21 heavy (non-hydrogen) atoms. The Bertz CT molecular complexity index is 471. The second-order valence-corrected chi connectivity index (χ2v) is 5.76. The average Bonchev–Trinajstić information content (AvgIpc) is 2.20. The van der Waals surface area contributed by atoms with Gasteiger partial charge in [-0.3, -0.25) is 4.18 Å². The van der Waals surface area contributed by atoms with Crippen LogP contribution in [0.5, 0.6) is 0 Å². The molecule has 3 atom stereocenters. The molecular weight excluding hydrogens is 354 g/mol. The van der Waals surface area contributed by atoms with Crippen LogP contribution in [0.4, 0.5) is 0 Å². The molecule has 15 heteroatoms. The molecule has 0 bridgehead atoms. The van der Waals surface area contributed by atoms with Gasteiger partial charge in [-0.15, -0.1) is 0 Å². The van der Waals surface area contributed by atoms with E-state index in [2.05, 4.69) is 4.18 Å². The Morgan fingerprint density at radius 2 is 1.62 bits per heavy atom. The number of rotatable bonds is 9.